The fourth-order valence-corrected chi connectivity index (χ4v) is 7.52. The maximum Gasteiger partial charge on any atom is 0.255 e. The summed E-state index contributed by atoms with van der Waals surface area (Å²) in [6.07, 6.45) is 2.16. The molecule has 1 aromatic carbocycles. The third-order valence-corrected chi connectivity index (χ3v) is 9.46. The van der Waals surface area contributed by atoms with Crippen LogP contribution in [0.25, 0.3) is 0 Å². The number of nitrogens with zero attached hydrogens (tertiary/aromatic N) is 2. The van der Waals surface area contributed by atoms with Crippen LogP contribution in [0, 0.1) is 17.8 Å². The van der Waals surface area contributed by atoms with Gasteiger partial charge in [-0.15, -0.1) is 0 Å². The second-order valence-corrected chi connectivity index (χ2v) is 12.1. The molecule has 0 unspecified atom stereocenters. The fraction of sp³-hybridized carbons (Fsp3) is 0.567. The van der Waals surface area contributed by atoms with Crippen LogP contribution in [0.15, 0.2) is 28.7 Å². The van der Waals surface area contributed by atoms with Gasteiger partial charge in [0.25, 0.3) is 5.91 Å². The van der Waals surface area contributed by atoms with Crippen molar-refractivity contribution < 1.29 is 44.3 Å². The van der Waals surface area contributed by atoms with Crippen molar-refractivity contribution in [1.82, 2.24) is 9.80 Å². The number of allylic oxidation sites excluding steroid dienone is 1. The van der Waals surface area contributed by atoms with Gasteiger partial charge in [-0.1, -0.05) is 0 Å². The summed E-state index contributed by atoms with van der Waals surface area (Å²) in [6, 6.07) is 0.451. The Balaban J connectivity index is 1.56. The van der Waals surface area contributed by atoms with Crippen LogP contribution in [-0.4, -0.2) is 107 Å². The molecule has 1 aliphatic heterocycles. The number of likely N-dealkylation sites (N-methyl/N-ethyl adjacent to an activating group) is 1. The van der Waals surface area contributed by atoms with Crippen molar-refractivity contribution in [2.75, 3.05) is 48.0 Å². The minimum Gasteiger partial charge on any atom is -0.510 e. The number of carbonyl (C=O) groups excluding carboxylic acids is 3. The number of hydrogen-bond donors (Lipinski definition) is 5. The van der Waals surface area contributed by atoms with Crippen molar-refractivity contribution in [3.63, 3.8) is 0 Å². The smallest absolute Gasteiger partial charge is 0.255 e. The summed E-state index contributed by atoms with van der Waals surface area (Å²) in [6.45, 7) is 2.92. The molecular formula is C30H39N3O9. The van der Waals surface area contributed by atoms with E-state index in [9.17, 15) is 34.8 Å². The molecule has 42 heavy (non-hydrogen) atoms. The standard InChI is InChI=1S/C30H39N3O9/c1-32(2)23-18-10-15-9-17-21(24(35)20(15)27(37)30(18,40)28(38)22(25(23)36)29(31)39)19(34)11-16(26(17)42-4)12-33-7-5-14(6-8-33)13-41-3/h11,14-15,18,23,34,36-37,40H,5-10,12-13H2,1-4H3,(H2,31,39)/t15-,18-,23-,30-/m0/s1. The molecule has 0 bridgehead atoms. The lowest BCUT2D eigenvalue weighted by atomic mass is 9.58. The van der Waals surface area contributed by atoms with E-state index in [2.05, 4.69) is 4.90 Å². The van der Waals surface area contributed by atoms with Crippen LogP contribution in [0.2, 0.25) is 0 Å². The van der Waals surface area contributed by atoms with Crippen molar-refractivity contribution >= 4 is 17.5 Å². The predicted octanol–water partition coefficient (Wildman–Crippen LogP) is 0.988. The predicted molar refractivity (Wildman–Crippen MR) is 150 cm³/mol. The van der Waals surface area contributed by atoms with Crippen molar-refractivity contribution in [3.05, 3.63) is 45.4 Å². The number of aliphatic hydroxyl groups excluding tert-OH is 2. The molecule has 228 valence electrons. The van der Waals surface area contributed by atoms with Crippen molar-refractivity contribution in [2.24, 2.45) is 23.5 Å². The molecule has 1 fully saturated rings. The number of likely N-dealkylation sites (tertiary alicyclic amines) is 1. The molecule has 1 heterocycles. The van der Waals surface area contributed by atoms with Gasteiger partial charge in [0.1, 0.15) is 28.6 Å². The van der Waals surface area contributed by atoms with E-state index in [1.54, 1.807) is 21.2 Å². The summed E-state index contributed by atoms with van der Waals surface area (Å²) in [4.78, 5) is 43.3. The normalized spacial score (nSPS) is 28.6. The Bertz CT molecular complexity index is 1390. The molecule has 5 rings (SSSR count). The molecule has 0 saturated carbocycles. The molecule has 0 spiro atoms. The number of aliphatic hydroxyl groups is 3. The Hall–Kier alpha value is -3.45. The number of ether oxygens (including phenoxy) is 2. The second kappa shape index (κ2) is 11.0. The number of primary amides is 1. The summed E-state index contributed by atoms with van der Waals surface area (Å²) >= 11 is 0. The summed E-state index contributed by atoms with van der Waals surface area (Å²) in [5, 5.41) is 45.2. The Kier molecular flexibility index (Phi) is 7.86. The Morgan fingerprint density at radius 2 is 1.83 bits per heavy atom. The third-order valence-electron chi connectivity index (χ3n) is 9.46. The molecule has 12 nitrogen and oxygen atoms in total. The van der Waals surface area contributed by atoms with Gasteiger partial charge in [0.2, 0.25) is 5.78 Å². The first-order valence-corrected chi connectivity index (χ1v) is 14.1. The molecular weight excluding hydrogens is 546 g/mol. The summed E-state index contributed by atoms with van der Waals surface area (Å²) in [7, 11) is 6.40. The molecule has 6 N–H and O–H groups in total. The highest BCUT2D eigenvalue weighted by Gasteiger charge is 2.63. The number of benzene rings is 1. The average Bonchev–Trinajstić information content (AvgIpc) is 2.91. The second-order valence-electron chi connectivity index (χ2n) is 12.1. The molecule has 0 aromatic heterocycles. The largest absolute Gasteiger partial charge is 0.510 e. The Morgan fingerprint density at radius 1 is 1.17 bits per heavy atom. The number of nitrogens with two attached hydrogens (primary N) is 1. The van der Waals surface area contributed by atoms with Crippen molar-refractivity contribution in [1.29, 1.82) is 0 Å². The highest BCUT2D eigenvalue weighted by molar-refractivity contribution is 6.24. The summed E-state index contributed by atoms with van der Waals surface area (Å²) in [5.74, 6) is -5.80. The average molecular weight is 586 g/mol. The van der Waals surface area contributed by atoms with Crippen molar-refractivity contribution in [2.45, 2.75) is 43.9 Å². The van der Waals surface area contributed by atoms with E-state index < -0.39 is 58.0 Å². The first kappa shape index (κ1) is 30.0. The van der Waals surface area contributed by atoms with Crippen LogP contribution in [0.5, 0.6) is 11.5 Å². The Labute approximate surface area is 244 Å². The highest BCUT2D eigenvalue weighted by atomic mass is 16.5. The zero-order valence-electron chi connectivity index (χ0n) is 24.3. The zero-order valence-corrected chi connectivity index (χ0v) is 24.3. The number of amides is 1. The van der Waals surface area contributed by atoms with Crippen LogP contribution in [-0.2, 0) is 27.3 Å². The number of phenolic OH excluding ortho intramolecular Hbond substituents is 1. The number of methoxy groups -OCH3 is 2. The highest BCUT2D eigenvalue weighted by Crippen LogP contribution is 2.53. The fourth-order valence-electron chi connectivity index (χ4n) is 7.52. The number of hydrogen-bond acceptors (Lipinski definition) is 11. The Morgan fingerprint density at radius 3 is 2.40 bits per heavy atom. The molecule has 0 radical (unpaired) electrons. The van der Waals surface area contributed by atoms with Gasteiger partial charge < -0.3 is 35.6 Å². The van der Waals surface area contributed by atoms with E-state index >= 15 is 0 Å². The number of Topliss-reactive ketones (excluding diaryl/α,β-unsaturated/α-hetero) is 2. The van der Waals surface area contributed by atoms with Gasteiger partial charge in [0, 0.05) is 42.9 Å². The molecule has 1 amide bonds. The first-order chi connectivity index (χ1) is 19.9. The van der Waals surface area contributed by atoms with E-state index in [0.717, 1.165) is 38.1 Å². The minimum atomic E-state index is -2.67. The number of carbonyl (C=O) groups is 3. The SMILES string of the molecule is COCC1CCN(Cc2cc(O)c3c(c2OC)C[C@H]2C[C@H]4[C@H](N(C)C)C(O)=C(C(N)=O)C(=O)[C@@]4(O)C(O)=C2C3=O)CC1. The van der Waals surface area contributed by atoms with Crippen LogP contribution in [0.3, 0.4) is 0 Å². The lowest BCUT2D eigenvalue weighted by Gasteiger charge is -2.50. The first-order valence-electron chi connectivity index (χ1n) is 14.1. The van der Waals surface area contributed by atoms with E-state index in [-0.39, 0.29) is 29.7 Å². The van der Waals surface area contributed by atoms with E-state index in [4.69, 9.17) is 15.2 Å². The van der Waals surface area contributed by atoms with Crippen LogP contribution >= 0.6 is 0 Å². The van der Waals surface area contributed by atoms with Gasteiger partial charge in [-0.05, 0) is 70.8 Å². The van der Waals surface area contributed by atoms with E-state index in [0.29, 0.717) is 23.8 Å². The number of rotatable bonds is 7. The molecule has 1 aromatic rings. The lowest BCUT2D eigenvalue weighted by Crippen LogP contribution is -2.63. The van der Waals surface area contributed by atoms with Gasteiger partial charge in [-0.3, -0.25) is 24.2 Å². The number of fused-ring (bicyclic) bond motifs is 3. The summed E-state index contributed by atoms with van der Waals surface area (Å²) in [5.41, 5.74) is 2.84. The molecule has 4 atom stereocenters. The topological polar surface area (TPSA) is 183 Å². The van der Waals surface area contributed by atoms with Gasteiger partial charge in [0.05, 0.1) is 18.7 Å². The zero-order chi connectivity index (χ0) is 30.7. The van der Waals surface area contributed by atoms with Crippen molar-refractivity contribution in [3.8, 4) is 11.5 Å². The molecule has 1 saturated heterocycles. The lowest BCUT2D eigenvalue weighted by molar-refractivity contribution is -0.148. The van der Waals surface area contributed by atoms with E-state index in [1.165, 1.54) is 18.1 Å². The quantitative estimate of drug-likeness (QED) is 0.288. The third kappa shape index (κ3) is 4.48. The maximum absolute atomic E-state index is 13.9. The number of aromatic hydroxyl groups is 1. The monoisotopic (exact) mass is 585 g/mol. The van der Waals surface area contributed by atoms with Crippen LogP contribution < -0.4 is 10.5 Å². The molecule has 3 aliphatic carbocycles. The minimum absolute atomic E-state index is 0.0208. The molecule has 4 aliphatic rings. The number of piperidine rings is 1. The van der Waals surface area contributed by atoms with Crippen LogP contribution in [0.4, 0.5) is 0 Å². The van der Waals surface area contributed by atoms with Gasteiger partial charge in [0.15, 0.2) is 11.4 Å². The van der Waals surface area contributed by atoms with E-state index in [1.807, 2.05) is 0 Å². The molecule has 12 heteroatoms. The van der Waals surface area contributed by atoms with Gasteiger partial charge in [-0.2, -0.15) is 0 Å². The maximum atomic E-state index is 13.9. The number of ketones is 2. The summed E-state index contributed by atoms with van der Waals surface area (Å²) < 4.78 is 11.1. The van der Waals surface area contributed by atoms with Gasteiger partial charge in [-0.25, -0.2) is 0 Å². The van der Waals surface area contributed by atoms with Crippen LogP contribution in [0.1, 0.15) is 40.7 Å². The van der Waals surface area contributed by atoms with Gasteiger partial charge >= 0.3 is 0 Å². The number of phenols is 1.